The first-order chi connectivity index (χ1) is 13.2. The zero-order chi connectivity index (χ0) is 18.6. The van der Waals surface area contributed by atoms with Crippen LogP contribution in [0.1, 0.15) is 5.56 Å². The van der Waals surface area contributed by atoms with Gasteiger partial charge in [0, 0.05) is 49.8 Å². The van der Waals surface area contributed by atoms with E-state index in [0.29, 0.717) is 5.75 Å². The zero-order valence-electron chi connectivity index (χ0n) is 15.2. The van der Waals surface area contributed by atoms with Crippen LogP contribution < -0.4 is 9.64 Å². The number of rotatable bonds is 5. The Kier molecular flexibility index (Phi) is 5.02. The van der Waals surface area contributed by atoms with Gasteiger partial charge in [-0.25, -0.2) is 14.4 Å². The molecule has 2 aromatic heterocycles. The summed E-state index contributed by atoms with van der Waals surface area (Å²) >= 11 is 0. The summed E-state index contributed by atoms with van der Waals surface area (Å²) in [6.45, 7) is 4.52. The molecule has 1 aromatic carbocycles. The van der Waals surface area contributed by atoms with Gasteiger partial charge in [-0.2, -0.15) is 0 Å². The molecule has 27 heavy (non-hydrogen) atoms. The molecule has 6 nitrogen and oxygen atoms in total. The molecule has 0 bridgehead atoms. The van der Waals surface area contributed by atoms with Crippen LogP contribution in [0.3, 0.4) is 0 Å². The van der Waals surface area contributed by atoms with E-state index in [1.807, 2.05) is 6.20 Å². The van der Waals surface area contributed by atoms with Gasteiger partial charge in [0.1, 0.15) is 12.1 Å². The number of nitrogens with zero attached hydrogens (tertiary/aromatic N) is 4. The first kappa shape index (κ1) is 17.5. The molecule has 0 saturated carbocycles. The summed E-state index contributed by atoms with van der Waals surface area (Å²) in [6.07, 6.45) is 9.35. The second-order valence-corrected chi connectivity index (χ2v) is 6.54. The molecule has 140 valence electrons. The van der Waals surface area contributed by atoms with E-state index >= 15 is 0 Å². The van der Waals surface area contributed by atoms with Crippen LogP contribution in [0, 0.1) is 5.82 Å². The van der Waals surface area contributed by atoms with E-state index < -0.39 is 0 Å². The average molecular weight is 367 g/mol. The Bertz CT molecular complexity index is 946. The van der Waals surface area contributed by atoms with Crippen molar-refractivity contribution in [3.8, 4) is 5.75 Å². The number of nitrogens with one attached hydrogen (secondary N) is 1. The number of halogens is 1. The van der Waals surface area contributed by atoms with E-state index in [4.69, 9.17) is 4.74 Å². The van der Waals surface area contributed by atoms with Gasteiger partial charge in [0.15, 0.2) is 11.6 Å². The number of ether oxygens (including phenoxy) is 1. The molecule has 0 amide bonds. The molecule has 1 fully saturated rings. The Morgan fingerprint density at radius 1 is 1.26 bits per heavy atom. The fourth-order valence-corrected chi connectivity index (χ4v) is 3.42. The van der Waals surface area contributed by atoms with Crippen molar-refractivity contribution in [2.45, 2.75) is 0 Å². The number of hydrogen-bond donors (Lipinski definition) is 1. The van der Waals surface area contributed by atoms with Crippen LogP contribution in [0.2, 0.25) is 0 Å². The molecule has 0 spiro atoms. The van der Waals surface area contributed by atoms with Crippen LogP contribution in [-0.2, 0) is 0 Å². The molecule has 0 aliphatic carbocycles. The second-order valence-electron chi connectivity index (χ2n) is 6.54. The topological polar surface area (TPSA) is 57.3 Å². The number of H-pyrrole nitrogens is 1. The Labute approximate surface area is 157 Å². The van der Waals surface area contributed by atoms with Crippen LogP contribution >= 0.6 is 0 Å². The standard InChI is InChI=1S/C20H22FN5O/c1-27-19-13-22-14-24-20(19)26-9-7-25(8-10-26)6-2-3-15-12-23-18-5-4-16(21)11-17(15)18/h2-5,11-14,23H,6-10H2,1H3. The lowest BCUT2D eigenvalue weighted by Gasteiger charge is -2.35. The number of aromatic amines is 1. The minimum atomic E-state index is -0.215. The van der Waals surface area contributed by atoms with E-state index in [1.165, 1.54) is 6.07 Å². The quantitative estimate of drug-likeness (QED) is 0.751. The average Bonchev–Trinajstić information content (AvgIpc) is 3.10. The molecule has 7 heteroatoms. The Morgan fingerprint density at radius 2 is 2.11 bits per heavy atom. The predicted molar refractivity (Wildman–Crippen MR) is 105 cm³/mol. The Balaban J connectivity index is 1.35. The number of aromatic nitrogens is 3. The maximum atomic E-state index is 13.5. The number of methoxy groups -OCH3 is 1. The summed E-state index contributed by atoms with van der Waals surface area (Å²) in [7, 11) is 1.64. The Morgan fingerprint density at radius 3 is 2.93 bits per heavy atom. The van der Waals surface area contributed by atoms with Crippen LogP contribution in [0.5, 0.6) is 5.75 Å². The normalized spacial score (nSPS) is 15.7. The van der Waals surface area contributed by atoms with Crippen LogP contribution in [0.15, 0.2) is 43.0 Å². The van der Waals surface area contributed by atoms with E-state index in [-0.39, 0.29) is 5.82 Å². The minimum absolute atomic E-state index is 0.215. The molecule has 0 radical (unpaired) electrons. The van der Waals surface area contributed by atoms with Gasteiger partial charge in [-0.15, -0.1) is 0 Å². The molecule has 1 saturated heterocycles. The molecule has 4 rings (SSSR count). The maximum absolute atomic E-state index is 13.5. The molecule has 0 atom stereocenters. The summed E-state index contributed by atoms with van der Waals surface area (Å²) in [5, 5.41) is 0.909. The number of piperazine rings is 1. The lowest BCUT2D eigenvalue weighted by molar-refractivity contribution is 0.282. The monoisotopic (exact) mass is 367 g/mol. The van der Waals surface area contributed by atoms with Crippen molar-refractivity contribution in [1.82, 2.24) is 19.9 Å². The summed E-state index contributed by atoms with van der Waals surface area (Å²) < 4.78 is 18.8. The van der Waals surface area contributed by atoms with E-state index in [2.05, 4.69) is 36.9 Å². The van der Waals surface area contributed by atoms with Crippen molar-refractivity contribution in [2.75, 3.05) is 44.7 Å². The highest BCUT2D eigenvalue weighted by Gasteiger charge is 2.20. The van der Waals surface area contributed by atoms with Crippen molar-refractivity contribution in [2.24, 2.45) is 0 Å². The maximum Gasteiger partial charge on any atom is 0.179 e. The second kappa shape index (κ2) is 7.75. The van der Waals surface area contributed by atoms with Crippen molar-refractivity contribution in [3.63, 3.8) is 0 Å². The highest BCUT2D eigenvalue weighted by molar-refractivity contribution is 5.88. The molecule has 0 unspecified atom stereocenters. The van der Waals surface area contributed by atoms with Gasteiger partial charge in [-0.1, -0.05) is 12.2 Å². The van der Waals surface area contributed by atoms with Gasteiger partial charge in [0.2, 0.25) is 0 Å². The summed E-state index contributed by atoms with van der Waals surface area (Å²) in [4.78, 5) is 16.1. The first-order valence-electron chi connectivity index (χ1n) is 8.99. The molecular formula is C20H22FN5O. The smallest absolute Gasteiger partial charge is 0.179 e. The largest absolute Gasteiger partial charge is 0.491 e. The van der Waals surface area contributed by atoms with Crippen molar-refractivity contribution < 1.29 is 9.13 Å². The number of fused-ring (bicyclic) bond motifs is 1. The predicted octanol–water partition coefficient (Wildman–Crippen LogP) is 2.94. The lowest BCUT2D eigenvalue weighted by Crippen LogP contribution is -2.46. The van der Waals surface area contributed by atoms with Crippen LogP contribution in [0.25, 0.3) is 17.0 Å². The van der Waals surface area contributed by atoms with Crippen molar-refractivity contribution >= 4 is 22.8 Å². The van der Waals surface area contributed by atoms with Crippen LogP contribution in [-0.4, -0.2) is 59.7 Å². The van der Waals surface area contributed by atoms with Crippen molar-refractivity contribution in [1.29, 1.82) is 0 Å². The minimum Gasteiger partial charge on any atom is -0.491 e. The Hall–Kier alpha value is -2.93. The first-order valence-corrected chi connectivity index (χ1v) is 8.99. The number of hydrogen-bond acceptors (Lipinski definition) is 5. The highest BCUT2D eigenvalue weighted by atomic mass is 19.1. The van der Waals surface area contributed by atoms with Crippen molar-refractivity contribution in [3.05, 3.63) is 54.4 Å². The van der Waals surface area contributed by atoms with Gasteiger partial charge in [0.25, 0.3) is 0 Å². The van der Waals surface area contributed by atoms with Gasteiger partial charge >= 0.3 is 0 Å². The molecule has 3 aromatic rings. The fourth-order valence-electron chi connectivity index (χ4n) is 3.42. The third kappa shape index (κ3) is 3.78. The third-order valence-electron chi connectivity index (χ3n) is 4.89. The molecule has 1 N–H and O–H groups in total. The summed E-state index contributed by atoms with van der Waals surface area (Å²) in [6, 6.07) is 4.81. The molecule has 3 heterocycles. The fraction of sp³-hybridized carbons (Fsp3) is 0.300. The SMILES string of the molecule is COc1cncnc1N1CCN(CC=Cc2c[nH]c3ccc(F)cc23)CC1. The number of benzene rings is 1. The van der Waals surface area contributed by atoms with Gasteiger partial charge in [-0.3, -0.25) is 4.90 Å². The van der Waals surface area contributed by atoms with Crippen LogP contribution in [0.4, 0.5) is 10.2 Å². The number of anilines is 1. The molecule has 1 aliphatic rings. The zero-order valence-corrected chi connectivity index (χ0v) is 15.2. The van der Waals surface area contributed by atoms with Gasteiger partial charge in [0.05, 0.1) is 13.3 Å². The van der Waals surface area contributed by atoms with E-state index in [0.717, 1.165) is 55.0 Å². The summed E-state index contributed by atoms with van der Waals surface area (Å²) in [5.41, 5.74) is 1.96. The van der Waals surface area contributed by atoms with Gasteiger partial charge < -0.3 is 14.6 Å². The lowest BCUT2D eigenvalue weighted by atomic mass is 10.1. The molecule has 1 aliphatic heterocycles. The molecular weight excluding hydrogens is 345 g/mol. The van der Waals surface area contributed by atoms with E-state index in [9.17, 15) is 4.39 Å². The third-order valence-corrected chi connectivity index (χ3v) is 4.89. The highest BCUT2D eigenvalue weighted by Crippen LogP contribution is 2.25. The summed E-state index contributed by atoms with van der Waals surface area (Å²) in [5.74, 6) is 1.34. The van der Waals surface area contributed by atoms with Gasteiger partial charge in [-0.05, 0) is 23.8 Å². The van der Waals surface area contributed by atoms with E-state index in [1.54, 1.807) is 31.8 Å².